The van der Waals surface area contributed by atoms with Crippen LogP contribution in [0.3, 0.4) is 0 Å². The summed E-state index contributed by atoms with van der Waals surface area (Å²) in [5.74, 6) is -0.294. The normalized spacial score (nSPS) is 11.4. The maximum atomic E-state index is 12.0. The Labute approximate surface area is 126 Å². The fraction of sp³-hybridized carbons (Fsp3) is 0.214. The number of amidine groups is 1. The van der Waals surface area contributed by atoms with Crippen molar-refractivity contribution in [3.63, 3.8) is 0 Å². The van der Waals surface area contributed by atoms with Gasteiger partial charge in [0.2, 0.25) is 0 Å². The summed E-state index contributed by atoms with van der Waals surface area (Å²) in [4.78, 5) is 17.2. The first-order chi connectivity index (χ1) is 10.2. The number of rotatable bonds is 5. The molecule has 7 heteroatoms. The van der Waals surface area contributed by atoms with E-state index < -0.39 is 0 Å². The van der Waals surface area contributed by atoms with Crippen LogP contribution in [0.4, 0.5) is 0 Å². The van der Waals surface area contributed by atoms with Gasteiger partial charge in [-0.3, -0.25) is 9.78 Å². The Balaban J connectivity index is 2.00. The number of hydrogen-bond donors (Lipinski definition) is 3. The smallest absolute Gasteiger partial charge is 0.270 e. The molecule has 0 unspecified atom stereocenters. The summed E-state index contributed by atoms with van der Waals surface area (Å²) in [6, 6.07) is 5.19. The van der Waals surface area contributed by atoms with Gasteiger partial charge in [-0.15, -0.1) is 11.3 Å². The van der Waals surface area contributed by atoms with Gasteiger partial charge in [-0.25, -0.2) is 0 Å². The molecule has 2 rings (SSSR count). The number of pyridine rings is 1. The number of nitrogens with one attached hydrogen (secondary N) is 1. The van der Waals surface area contributed by atoms with Crippen LogP contribution in [0.25, 0.3) is 0 Å². The van der Waals surface area contributed by atoms with Gasteiger partial charge in [-0.1, -0.05) is 12.1 Å². The fourth-order valence-electron chi connectivity index (χ4n) is 1.83. The van der Waals surface area contributed by atoms with E-state index in [0.717, 1.165) is 11.3 Å². The van der Waals surface area contributed by atoms with E-state index in [-0.39, 0.29) is 11.7 Å². The molecular formula is C14H16N4O2S. The molecule has 2 aromatic heterocycles. The van der Waals surface area contributed by atoms with E-state index in [1.165, 1.54) is 17.8 Å². The van der Waals surface area contributed by atoms with E-state index in [4.69, 9.17) is 10.9 Å². The Kier molecular flexibility index (Phi) is 4.89. The highest BCUT2D eigenvalue weighted by Crippen LogP contribution is 2.17. The van der Waals surface area contributed by atoms with Crippen LogP contribution in [-0.2, 0) is 13.0 Å². The van der Waals surface area contributed by atoms with E-state index in [0.29, 0.717) is 17.8 Å². The van der Waals surface area contributed by atoms with Crippen LogP contribution in [0, 0.1) is 0 Å². The van der Waals surface area contributed by atoms with Crippen molar-refractivity contribution in [1.82, 2.24) is 10.3 Å². The van der Waals surface area contributed by atoms with Crippen molar-refractivity contribution < 1.29 is 10.0 Å². The standard InChI is InChI=1S/C14H16N4O2S/c1-2-9-5-6-21-12(9)8-17-14(19)11-4-3-10(7-16-11)13(15)18-20/h3-7,20H,2,8H2,1H3,(H2,15,18)(H,17,19). The first-order valence-electron chi connectivity index (χ1n) is 6.43. The van der Waals surface area contributed by atoms with Gasteiger partial charge in [0, 0.05) is 16.6 Å². The molecule has 0 atom stereocenters. The van der Waals surface area contributed by atoms with Crippen LogP contribution in [0.1, 0.15) is 33.4 Å². The predicted molar refractivity (Wildman–Crippen MR) is 81.6 cm³/mol. The van der Waals surface area contributed by atoms with Crippen LogP contribution in [0.5, 0.6) is 0 Å². The molecule has 0 bridgehead atoms. The molecule has 0 aliphatic rings. The van der Waals surface area contributed by atoms with Gasteiger partial charge in [0.15, 0.2) is 5.84 Å². The highest BCUT2D eigenvalue weighted by atomic mass is 32.1. The maximum absolute atomic E-state index is 12.0. The molecule has 0 fully saturated rings. The van der Waals surface area contributed by atoms with E-state index in [2.05, 4.69) is 28.4 Å². The Morgan fingerprint density at radius 3 is 2.90 bits per heavy atom. The third-order valence-corrected chi connectivity index (χ3v) is 3.99. The van der Waals surface area contributed by atoms with Crippen molar-refractivity contribution >= 4 is 23.1 Å². The lowest BCUT2D eigenvalue weighted by Gasteiger charge is -2.05. The third-order valence-electron chi connectivity index (χ3n) is 3.03. The molecule has 110 valence electrons. The summed E-state index contributed by atoms with van der Waals surface area (Å²) in [6.45, 7) is 2.57. The molecule has 0 radical (unpaired) electrons. The highest BCUT2D eigenvalue weighted by Gasteiger charge is 2.09. The van der Waals surface area contributed by atoms with Crippen LogP contribution in [0.15, 0.2) is 34.9 Å². The van der Waals surface area contributed by atoms with Crippen molar-refractivity contribution in [2.75, 3.05) is 0 Å². The molecule has 4 N–H and O–H groups in total. The lowest BCUT2D eigenvalue weighted by Crippen LogP contribution is -2.24. The zero-order valence-electron chi connectivity index (χ0n) is 11.5. The summed E-state index contributed by atoms with van der Waals surface area (Å²) in [5, 5.41) is 16.3. The van der Waals surface area contributed by atoms with Crippen LogP contribution < -0.4 is 11.1 Å². The average Bonchev–Trinajstić information content (AvgIpc) is 2.99. The van der Waals surface area contributed by atoms with Crippen molar-refractivity contribution in [1.29, 1.82) is 0 Å². The number of aromatic nitrogens is 1. The predicted octanol–water partition coefficient (Wildman–Crippen LogP) is 1.73. The molecule has 2 heterocycles. The van der Waals surface area contributed by atoms with Gasteiger partial charge in [0.05, 0.1) is 6.54 Å². The molecular weight excluding hydrogens is 288 g/mol. The Morgan fingerprint density at radius 1 is 1.48 bits per heavy atom. The Hall–Kier alpha value is -2.41. The summed E-state index contributed by atoms with van der Waals surface area (Å²) in [5.41, 5.74) is 7.43. The lowest BCUT2D eigenvalue weighted by molar-refractivity contribution is 0.0946. The largest absolute Gasteiger partial charge is 0.409 e. The summed E-state index contributed by atoms with van der Waals surface area (Å²) in [6.07, 6.45) is 2.34. The Bertz CT molecular complexity index is 649. The number of carbonyl (C=O) groups is 1. The Morgan fingerprint density at radius 2 is 2.29 bits per heavy atom. The second-order valence-electron chi connectivity index (χ2n) is 4.32. The van der Waals surface area contributed by atoms with Crippen molar-refractivity contribution in [3.05, 3.63) is 51.5 Å². The molecule has 2 aromatic rings. The minimum atomic E-state index is -0.253. The number of aryl methyl sites for hydroxylation is 1. The first-order valence-corrected chi connectivity index (χ1v) is 7.31. The highest BCUT2D eigenvalue weighted by molar-refractivity contribution is 7.10. The SMILES string of the molecule is CCc1ccsc1CNC(=O)c1ccc(/C(N)=N/O)cn1. The first kappa shape index (κ1) is 15.0. The summed E-state index contributed by atoms with van der Waals surface area (Å²) in [7, 11) is 0. The zero-order chi connectivity index (χ0) is 15.2. The van der Waals surface area contributed by atoms with Gasteiger partial charge in [-0.2, -0.15) is 0 Å². The average molecular weight is 304 g/mol. The van der Waals surface area contributed by atoms with Crippen LogP contribution >= 0.6 is 11.3 Å². The van der Waals surface area contributed by atoms with E-state index in [1.54, 1.807) is 17.4 Å². The number of nitrogens with two attached hydrogens (primary N) is 1. The number of hydrogen-bond acceptors (Lipinski definition) is 5. The van der Waals surface area contributed by atoms with Crippen molar-refractivity contribution in [3.8, 4) is 0 Å². The van der Waals surface area contributed by atoms with Crippen molar-refractivity contribution in [2.45, 2.75) is 19.9 Å². The summed E-state index contributed by atoms with van der Waals surface area (Å²) >= 11 is 1.63. The van der Waals surface area contributed by atoms with E-state index in [9.17, 15) is 4.79 Å². The van der Waals surface area contributed by atoms with Crippen LogP contribution in [-0.4, -0.2) is 21.9 Å². The number of nitrogens with zero attached hydrogens (tertiary/aromatic N) is 2. The number of oxime groups is 1. The van der Waals surface area contributed by atoms with Gasteiger partial charge in [0.1, 0.15) is 5.69 Å². The second-order valence-corrected chi connectivity index (χ2v) is 5.32. The third kappa shape index (κ3) is 3.57. The minimum Gasteiger partial charge on any atom is -0.409 e. The summed E-state index contributed by atoms with van der Waals surface area (Å²) < 4.78 is 0. The molecule has 0 aliphatic carbocycles. The molecule has 0 spiro atoms. The molecule has 21 heavy (non-hydrogen) atoms. The molecule has 6 nitrogen and oxygen atoms in total. The van der Waals surface area contributed by atoms with Crippen molar-refractivity contribution in [2.24, 2.45) is 10.9 Å². The molecule has 0 saturated heterocycles. The maximum Gasteiger partial charge on any atom is 0.270 e. The minimum absolute atomic E-state index is 0.0411. The number of carbonyl (C=O) groups excluding carboxylic acids is 1. The molecule has 0 aromatic carbocycles. The van der Waals surface area contributed by atoms with Gasteiger partial charge >= 0.3 is 0 Å². The number of thiophene rings is 1. The topological polar surface area (TPSA) is 101 Å². The van der Waals surface area contributed by atoms with Gasteiger partial charge < -0.3 is 16.3 Å². The van der Waals surface area contributed by atoms with E-state index >= 15 is 0 Å². The number of amides is 1. The monoisotopic (exact) mass is 304 g/mol. The lowest BCUT2D eigenvalue weighted by atomic mass is 10.2. The molecule has 0 saturated carbocycles. The van der Waals surface area contributed by atoms with Gasteiger partial charge in [0.25, 0.3) is 5.91 Å². The quantitative estimate of drug-likeness (QED) is 0.339. The molecule has 0 aliphatic heterocycles. The molecule has 1 amide bonds. The second kappa shape index (κ2) is 6.85. The zero-order valence-corrected chi connectivity index (χ0v) is 12.4. The van der Waals surface area contributed by atoms with E-state index in [1.807, 2.05) is 5.38 Å². The van der Waals surface area contributed by atoms with Crippen LogP contribution in [0.2, 0.25) is 0 Å². The van der Waals surface area contributed by atoms with Gasteiger partial charge in [-0.05, 0) is 35.6 Å². The fourth-order valence-corrected chi connectivity index (χ4v) is 2.74.